The summed E-state index contributed by atoms with van der Waals surface area (Å²) < 4.78 is 0. The largest absolute Gasteiger partial charge is 0.396 e. The van der Waals surface area contributed by atoms with Crippen LogP contribution < -0.4 is 5.73 Å². The molecule has 94 valence electrons. The first-order chi connectivity index (χ1) is 7.57. The molecule has 0 aromatic rings. The van der Waals surface area contributed by atoms with Crippen molar-refractivity contribution in [2.45, 2.75) is 51.6 Å². The van der Waals surface area contributed by atoms with E-state index in [9.17, 15) is 4.79 Å². The third-order valence-corrected chi connectivity index (χ3v) is 3.36. The molecule has 0 spiro atoms. The fourth-order valence-corrected chi connectivity index (χ4v) is 1.89. The number of aliphatic hydroxyl groups excluding tert-OH is 1. The Morgan fingerprint density at radius 2 is 2.12 bits per heavy atom. The van der Waals surface area contributed by atoms with E-state index in [1.54, 1.807) is 0 Å². The fourth-order valence-electron chi connectivity index (χ4n) is 1.89. The summed E-state index contributed by atoms with van der Waals surface area (Å²) in [5, 5.41) is 8.85. The van der Waals surface area contributed by atoms with Gasteiger partial charge in [0.2, 0.25) is 5.91 Å². The van der Waals surface area contributed by atoms with Gasteiger partial charge in [0.15, 0.2) is 0 Å². The molecule has 1 saturated carbocycles. The summed E-state index contributed by atoms with van der Waals surface area (Å²) in [6.07, 6.45) is 4.02. The predicted molar refractivity (Wildman–Crippen MR) is 63.9 cm³/mol. The third-order valence-electron chi connectivity index (χ3n) is 3.36. The van der Waals surface area contributed by atoms with Crippen molar-refractivity contribution in [2.24, 2.45) is 11.7 Å². The maximum absolute atomic E-state index is 12.1. The zero-order valence-electron chi connectivity index (χ0n) is 10.4. The Morgan fingerprint density at radius 3 is 2.50 bits per heavy atom. The van der Waals surface area contributed by atoms with Crippen LogP contribution in [0.3, 0.4) is 0 Å². The second kappa shape index (κ2) is 6.21. The normalized spacial score (nSPS) is 18.3. The summed E-state index contributed by atoms with van der Waals surface area (Å²) in [6, 6.07) is -0.0388. The van der Waals surface area contributed by atoms with E-state index in [2.05, 4.69) is 0 Å². The predicted octanol–water partition coefficient (Wildman–Crippen LogP) is 0.733. The molecule has 3 N–H and O–H groups in total. The molecule has 1 aliphatic rings. The van der Waals surface area contributed by atoms with Crippen molar-refractivity contribution in [1.29, 1.82) is 0 Å². The molecule has 1 atom stereocenters. The molecule has 1 aliphatic carbocycles. The lowest BCUT2D eigenvalue weighted by molar-refractivity contribution is -0.137. The van der Waals surface area contributed by atoms with Crippen LogP contribution in [0.2, 0.25) is 0 Å². The average molecular weight is 228 g/mol. The first-order valence-electron chi connectivity index (χ1n) is 6.24. The number of carbonyl (C=O) groups excluding carboxylic acids is 1. The molecule has 0 unspecified atom stereocenters. The molecule has 1 rings (SSSR count). The Bertz CT molecular complexity index is 227. The maximum atomic E-state index is 12.1. The smallest absolute Gasteiger partial charge is 0.239 e. The van der Waals surface area contributed by atoms with E-state index < -0.39 is 6.04 Å². The number of rotatable bonds is 6. The number of hydrogen-bond acceptors (Lipinski definition) is 3. The first-order valence-corrected chi connectivity index (χ1v) is 6.24. The number of carbonyl (C=O) groups is 1. The van der Waals surface area contributed by atoms with Crippen LogP contribution in [0.25, 0.3) is 0 Å². The van der Waals surface area contributed by atoms with Crippen molar-refractivity contribution in [3.63, 3.8) is 0 Å². The van der Waals surface area contributed by atoms with Gasteiger partial charge in [-0.15, -0.1) is 0 Å². The van der Waals surface area contributed by atoms with Gasteiger partial charge in [-0.3, -0.25) is 4.79 Å². The minimum Gasteiger partial charge on any atom is -0.396 e. The van der Waals surface area contributed by atoms with Gasteiger partial charge in [0, 0.05) is 19.2 Å². The van der Waals surface area contributed by atoms with E-state index in [1.165, 1.54) is 6.42 Å². The lowest BCUT2D eigenvalue weighted by Crippen LogP contribution is -2.53. The molecule has 0 saturated heterocycles. The highest BCUT2D eigenvalue weighted by Gasteiger charge is 2.31. The third kappa shape index (κ3) is 3.19. The maximum Gasteiger partial charge on any atom is 0.239 e. The molecular weight excluding hydrogens is 204 g/mol. The summed E-state index contributed by atoms with van der Waals surface area (Å²) in [7, 11) is 0. The minimum absolute atomic E-state index is 0.0492. The first kappa shape index (κ1) is 13.5. The Kier molecular flexibility index (Phi) is 5.22. The van der Waals surface area contributed by atoms with Gasteiger partial charge in [-0.05, 0) is 31.6 Å². The summed E-state index contributed by atoms with van der Waals surface area (Å²) >= 11 is 0. The van der Waals surface area contributed by atoms with Crippen molar-refractivity contribution >= 4 is 5.91 Å². The molecular formula is C12H24N2O2. The zero-order chi connectivity index (χ0) is 12.1. The highest BCUT2D eigenvalue weighted by Crippen LogP contribution is 2.25. The number of amides is 1. The zero-order valence-corrected chi connectivity index (χ0v) is 10.4. The molecule has 0 aromatic heterocycles. The Labute approximate surface area is 97.8 Å². The molecule has 0 aromatic carbocycles. The second-order valence-corrected chi connectivity index (χ2v) is 4.96. The fraction of sp³-hybridized carbons (Fsp3) is 0.917. The van der Waals surface area contributed by atoms with E-state index in [-0.39, 0.29) is 18.4 Å². The van der Waals surface area contributed by atoms with Crippen LogP contribution in [-0.2, 0) is 4.79 Å². The summed E-state index contributed by atoms with van der Waals surface area (Å²) in [5.74, 6) is 0.220. The molecule has 1 amide bonds. The van der Waals surface area contributed by atoms with E-state index in [1.807, 2.05) is 18.7 Å². The van der Waals surface area contributed by atoms with Gasteiger partial charge < -0.3 is 15.7 Å². The van der Waals surface area contributed by atoms with Crippen LogP contribution in [0.5, 0.6) is 0 Å². The highest BCUT2D eigenvalue weighted by atomic mass is 16.3. The van der Waals surface area contributed by atoms with Crippen LogP contribution in [-0.4, -0.2) is 41.1 Å². The van der Waals surface area contributed by atoms with Crippen molar-refractivity contribution < 1.29 is 9.90 Å². The topological polar surface area (TPSA) is 66.6 Å². The lowest BCUT2D eigenvalue weighted by Gasteiger charge is -2.39. The van der Waals surface area contributed by atoms with Crippen LogP contribution in [0.15, 0.2) is 0 Å². The highest BCUT2D eigenvalue weighted by molar-refractivity contribution is 5.82. The minimum atomic E-state index is -0.403. The van der Waals surface area contributed by atoms with Crippen molar-refractivity contribution in [3.05, 3.63) is 0 Å². The van der Waals surface area contributed by atoms with Gasteiger partial charge in [0.05, 0.1) is 6.04 Å². The van der Waals surface area contributed by atoms with Crippen molar-refractivity contribution in [2.75, 3.05) is 13.2 Å². The summed E-state index contributed by atoms with van der Waals surface area (Å²) in [4.78, 5) is 14.0. The molecule has 0 bridgehead atoms. The molecule has 4 nitrogen and oxygen atoms in total. The number of nitrogens with two attached hydrogens (primary N) is 1. The number of nitrogens with zero attached hydrogens (tertiary/aromatic N) is 1. The van der Waals surface area contributed by atoms with Crippen LogP contribution in [0, 0.1) is 5.92 Å². The summed E-state index contributed by atoms with van der Waals surface area (Å²) in [5.41, 5.74) is 5.90. The Balaban J connectivity index is 2.56. The molecule has 0 aliphatic heterocycles. The van der Waals surface area contributed by atoms with Gasteiger partial charge in [-0.2, -0.15) is 0 Å². The average Bonchev–Trinajstić information content (AvgIpc) is 2.18. The molecule has 4 heteroatoms. The van der Waals surface area contributed by atoms with Gasteiger partial charge in [0.1, 0.15) is 0 Å². The van der Waals surface area contributed by atoms with Gasteiger partial charge in [0.25, 0.3) is 0 Å². The van der Waals surface area contributed by atoms with Gasteiger partial charge in [-0.1, -0.05) is 13.8 Å². The molecule has 0 radical (unpaired) electrons. The van der Waals surface area contributed by atoms with Crippen LogP contribution in [0.4, 0.5) is 0 Å². The SMILES string of the molecule is CC(C)[C@@H](N)C(=O)N(CCCO)C1CCC1. The van der Waals surface area contributed by atoms with E-state index in [0.717, 1.165) is 12.8 Å². The molecule has 1 fully saturated rings. The van der Waals surface area contributed by atoms with E-state index in [4.69, 9.17) is 10.8 Å². The molecule has 16 heavy (non-hydrogen) atoms. The lowest BCUT2D eigenvalue weighted by atomic mass is 9.90. The Hall–Kier alpha value is -0.610. The van der Waals surface area contributed by atoms with Gasteiger partial charge >= 0.3 is 0 Å². The van der Waals surface area contributed by atoms with E-state index >= 15 is 0 Å². The van der Waals surface area contributed by atoms with Crippen LogP contribution >= 0.6 is 0 Å². The van der Waals surface area contributed by atoms with Crippen molar-refractivity contribution in [1.82, 2.24) is 4.90 Å². The molecule has 0 heterocycles. The number of hydrogen-bond donors (Lipinski definition) is 2. The standard InChI is InChI=1S/C12H24N2O2/c1-9(2)11(13)12(16)14(7-4-8-15)10-5-3-6-10/h9-11,15H,3-8,13H2,1-2H3/t11-/m1/s1. The van der Waals surface area contributed by atoms with E-state index in [0.29, 0.717) is 19.0 Å². The quantitative estimate of drug-likeness (QED) is 0.704. The van der Waals surface area contributed by atoms with Gasteiger partial charge in [-0.25, -0.2) is 0 Å². The Morgan fingerprint density at radius 1 is 1.50 bits per heavy atom. The second-order valence-electron chi connectivity index (χ2n) is 4.96. The van der Waals surface area contributed by atoms with Crippen LogP contribution in [0.1, 0.15) is 39.5 Å². The monoisotopic (exact) mass is 228 g/mol. The summed E-state index contributed by atoms with van der Waals surface area (Å²) in [6.45, 7) is 4.70. The number of aliphatic hydroxyl groups is 1. The van der Waals surface area contributed by atoms with Crippen molar-refractivity contribution in [3.8, 4) is 0 Å².